The zero-order valence-electron chi connectivity index (χ0n) is 11.3. The van der Waals surface area contributed by atoms with E-state index >= 15 is 0 Å². The van der Waals surface area contributed by atoms with Gasteiger partial charge in [-0.15, -0.1) is 0 Å². The maximum absolute atomic E-state index is 12.1. The van der Waals surface area contributed by atoms with Crippen molar-refractivity contribution in [1.82, 2.24) is 9.62 Å². The summed E-state index contributed by atoms with van der Waals surface area (Å²) in [4.78, 5) is 0. The molecular formula is C12H26N2O2S. The third-order valence-corrected chi connectivity index (χ3v) is 5.67. The second kappa shape index (κ2) is 6.71. The van der Waals surface area contributed by atoms with Gasteiger partial charge in [0.25, 0.3) is 0 Å². The molecule has 0 aromatic heterocycles. The van der Waals surface area contributed by atoms with E-state index in [2.05, 4.69) is 12.2 Å². The molecule has 1 aliphatic rings. The highest BCUT2D eigenvalue weighted by Crippen LogP contribution is 2.28. The van der Waals surface area contributed by atoms with Crippen molar-refractivity contribution in [3.63, 3.8) is 0 Å². The van der Waals surface area contributed by atoms with Crippen LogP contribution in [0.4, 0.5) is 0 Å². The molecule has 2 atom stereocenters. The predicted molar refractivity (Wildman–Crippen MR) is 71.5 cm³/mol. The van der Waals surface area contributed by atoms with Crippen LogP contribution in [0.5, 0.6) is 0 Å². The lowest BCUT2D eigenvalue weighted by atomic mass is 9.87. The highest BCUT2D eigenvalue weighted by molar-refractivity contribution is 7.89. The summed E-state index contributed by atoms with van der Waals surface area (Å²) in [6.07, 6.45) is 5.12. The Hall–Kier alpha value is -0.130. The number of sulfonamides is 1. The summed E-state index contributed by atoms with van der Waals surface area (Å²) >= 11 is 0. The molecular weight excluding hydrogens is 236 g/mol. The third-order valence-electron chi connectivity index (χ3n) is 3.69. The van der Waals surface area contributed by atoms with Crippen molar-refractivity contribution in [3.8, 4) is 0 Å². The van der Waals surface area contributed by atoms with Gasteiger partial charge in [0.15, 0.2) is 0 Å². The predicted octanol–water partition coefficient (Wildman–Crippen LogP) is 1.44. The lowest BCUT2D eigenvalue weighted by molar-refractivity contribution is 0.239. The van der Waals surface area contributed by atoms with Gasteiger partial charge < -0.3 is 5.32 Å². The van der Waals surface area contributed by atoms with Gasteiger partial charge in [0.1, 0.15) is 0 Å². The van der Waals surface area contributed by atoms with Crippen LogP contribution in [0.15, 0.2) is 0 Å². The van der Waals surface area contributed by atoms with Gasteiger partial charge in [-0.05, 0) is 38.8 Å². The van der Waals surface area contributed by atoms with Crippen LogP contribution >= 0.6 is 0 Å². The Bertz CT molecular complexity index is 316. The first-order chi connectivity index (χ1) is 7.97. The second-order valence-corrected chi connectivity index (χ2v) is 7.36. The first-order valence-electron chi connectivity index (χ1n) is 6.57. The molecule has 1 fully saturated rings. The van der Waals surface area contributed by atoms with Crippen LogP contribution in [0.25, 0.3) is 0 Å². The van der Waals surface area contributed by atoms with E-state index in [1.54, 1.807) is 11.4 Å². The van der Waals surface area contributed by atoms with E-state index in [0.717, 1.165) is 25.8 Å². The van der Waals surface area contributed by atoms with Crippen LogP contribution in [-0.4, -0.2) is 45.2 Å². The van der Waals surface area contributed by atoms with Gasteiger partial charge in [0, 0.05) is 13.1 Å². The molecule has 1 rings (SSSR count). The largest absolute Gasteiger partial charge is 0.320 e. The van der Waals surface area contributed by atoms with E-state index in [9.17, 15) is 8.42 Å². The lowest BCUT2D eigenvalue weighted by Crippen LogP contribution is -2.41. The summed E-state index contributed by atoms with van der Waals surface area (Å²) < 4.78 is 25.8. The quantitative estimate of drug-likeness (QED) is 0.737. The van der Waals surface area contributed by atoms with Crippen molar-refractivity contribution in [2.24, 2.45) is 5.92 Å². The van der Waals surface area contributed by atoms with Crippen molar-refractivity contribution in [1.29, 1.82) is 0 Å². The third kappa shape index (κ3) is 4.56. The van der Waals surface area contributed by atoms with Crippen LogP contribution in [-0.2, 0) is 10.0 Å². The maximum Gasteiger partial charge on any atom is 0.214 e. The fraction of sp³-hybridized carbons (Fsp3) is 1.00. The second-order valence-electron chi connectivity index (χ2n) is 5.21. The van der Waals surface area contributed by atoms with E-state index < -0.39 is 10.0 Å². The molecule has 0 aromatic carbocycles. The molecule has 2 unspecified atom stereocenters. The first kappa shape index (κ1) is 14.9. The van der Waals surface area contributed by atoms with Gasteiger partial charge >= 0.3 is 0 Å². The fourth-order valence-corrected chi connectivity index (χ4v) is 3.98. The topological polar surface area (TPSA) is 49.4 Å². The smallest absolute Gasteiger partial charge is 0.214 e. The molecule has 0 radical (unpaired) electrons. The van der Waals surface area contributed by atoms with Gasteiger partial charge in [0.05, 0.1) is 5.75 Å². The Balaban J connectivity index is 2.51. The Morgan fingerprint density at radius 2 is 2.06 bits per heavy atom. The summed E-state index contributed by atoms with van der Waals surface area (Å²) in [6.45, 7) is 2.97. The van der Waals surface area contributed by atoms with Crippen LogP contribution in [0.3, 0.4) is 0 Å². The van der Waals surface area contributed by atoms with Gasteiger partial charge in [0.2, 0.25) is 10.0 Å². The van der Waals surface area contributed by atoms with Gasteiger partial charge in [-0.1, -0.05) is 19.8 Å². The van der Waals surface area contributed by atoms with E-state index in [4.69, 9.17) is 0 Å². The summed E-state index contributed by atoms with van der Waals surface area (Å²) in [6, 6.07) is 0.221. The summed E-state index contributed by atoms with van der Waals surface area (Å²) in [5.74, 6) is 0.915. The number of rotatable bonds is 6. The molecule has 0 saturated heterocycles. The minimum absolute atomic E-state index is 0.221. The van der Waals surface area contributed by atoms with Crippen molar-refractivity contribution in [2.75, 3.05) is 26.4 Å². The van der Waals surface area contributed by atoms with Crippen LogP contribution < -0.4 is 5.32 Å². The number of nitrogens with zero attached hydrogens (tertiary/aromatic N) is 1. The van der Waals surface area contributed by atoms with Crippen molar-refractivity contribution >= 4 is 10.0 Å². The number of nitrogens with one attached hydrogen (secondary N) is 1. The Labute approximate surface area is 106 Å². The lowest BCUT2D eigenvalue weighted by Gasteiger charge is -2.33. The molecule has 0 spiro atoms. The first-order valence-corrected chi connectivity index (χ1v) is 8.18. The molecule has 0 amide bonds. The molecule has 1 aliphatic carbocycles. The number of hydrogen-bond donors (Lipinski definition) is 1. The zero-order chi connectivity index (χ0) is 12.9. The van der Waals surface area contributed by atoms with Crippen LogP contribution in [0.2, 0.25) is 0 Å². The van der Waals surface area contributed by atoms with E-state index in [1.165, 1.54) is 6.42 Å². The van der Waals surface area contributed by atoms with Crippen molar-refractivity contribution < 1.29 is 8.42 Å². The maximum atomic E-state index is 12.1. The molecule has 0 aliphatic heterocycles. The molecule has 0 bridgehead atoms. The zero-order valence-corrected chi connectivity index (χ0v) is 12.1. The molecule has 0 aromatic rings. The van der Waals surface area contributed by atoms with Crippen LogP contribution in [0.1, 0.15) is 39.0 Å². The molecule has 1 saturated carbocycles. The Morgan fingerprint density at radius 3 is 2.65 bits per heavy atom. The molecule has 4 nitrogen and oxygen atoms in total. The Kier molecular flexibility index (Phi) is 5.89. The summed E-state index contributed by atoms with van der Waals surface area (Å²) in [7, 11) is 0.532. The highest BCUT2D eigenvalue weighted by atomic mass is 32.2. The van der Waals surface area contributed by atoms with E-state index in [1.807, 2.05) is 7.05 Å². The van der Waals surface area contributed by atoms with Crippen molar-refractivity contribution in [2.45, 2.75) is 45.1 Å². The number of hydrogen-bond acceptors (Lipinski definition) is 3. The van der Waals surface area contributed by atoms with Crippen LogP contribution in [0, 0.1) is 5.92 Å². The molecule has 5 heteroatoms. The fourth-order valence-electron chi connectivity index (χ4n) is 2.53. The summed E-state index contributed by atoms with van der Waals surface area (Å²) in [5.41, 5.74) is 0. The van der Waals surface area contributed by atoms with Gasteiger partial charge in [-0.2, -0.15) is 0 Å². The Morgan fingerprint density at radius 1 is 1.35 bits per heavy atom. The normalized spacial score (nSPS) is 26.4. The van der Waals surface area contributed by atoms with E-state index in [-0.39, 0.29) is 11.8 Å². The molecule has 0 heterocycles. The molecule has 102 valence electrons. The average molecular weight is 262 g/mol. The van der Waals surface area contributed by atoms with Gasteiger partial charge in [-0.3, -0.25) is 0 Å². The molecule has 1 N–H and O–H groups in total. The summed E-state index contributed by atoms with van der Waals surface area (Å²) in [5, 5.41) is 2.98. The van der Waals surface area contributed by atoms with Crippen molar-refractivity contribution in [3.05, 3.63) is 0 Å². The SMILES string of the molecule is CNCCCS(=O)(=O)N(C)C1CCCC(C)C1. The van der Waals surface area contributed by atoms with Gasteiger partial charge in [-0.25, -0.2) is 12.7 Å². The minimum atomic E-state index is -3.06. The standard InChI is InChI=1S/C12H26N2O2S/c1-11-6-4-7-12(10-11)14(3)17(15,16)9-5-8-13-2/h11-13H,4-10H2,1-3H3. The average Bonchev–Trinajstić information content (AvgIpc) is 2.28. The minimum Gasteiger partial charge on any atom is -0.320 e. The monoisotopic (exact) mass is 262 g/mol. The van der Waals surface area contributed by atoms with E-state index in [0.29, 0.717) is 12.3 Å². The highest BCUT2D eigenvalue weighted by Gasteiger charge is 2.29. The molecule has 17 heavy (non-hydrogen) atoms.